The molecule has 0 aliphatic rings. The van der Waals surface area contributed by atoms with Gasteiger partial charge in [-0.2, -0.15) is 5.26 Å². The minimum atomic E-state index is -0.841. The Morgan fingerprint density at radius 1 is 1.21 bits per heavy atom. The number of hydrogen-bond acceptors (Lipinski definition) is 3. The van der Waals surface area contributed by atoms with Gasteiger partial charge in [0.15, 0.2) is 5.78 Å². The van der Waals surface area contributed by atoms with Crippen molar-refractivity contribution in [2.45, 2.75) is 12.8 Å². The SMILES string of the molecule is Cc1ccccc1OCC(=O)C(C#N)c1cc2ccccc2n1C. The van der Waals surface area contributed by atoms with Crippen LogP contribution in [0.25, 0.3) is 10.9 Å². The van der Waals surface area contributed by atoms with Gasteiger partial charge in [0.2, 0.25) is 0 Å². The smallest absolute Gasteiger partial charge is 0.193 e. The van der Waals surface area contributed by atoms with Gasteiger partial charge in [-0.15, -0.1) is 0 Å². The zero-order valence-electron chi connectivity index (χ0n) is 13.7. The van der Waals surface area contributed by atoms with Crippen molar-refractivity contribution >= 4 is 16.7 Å². The first-order valence-electron chi connectivity index (χ1n) is 7.77. The largest absolute Gasteiger partial charge is 0.485 e. The quantitative estimate of drug-likeness (QED) is 0.720. The van der Waals surface area contributed by atoms with Gasteiger partial charge in [0.1, 0.15) is 18.3 Å². The van der Waals surface area contributed by atoms with Crippen LogP contribution >= 0.6 is 0 Å². The van der Waals surface area contributed by atoms with E-state index >= 15 is 0 Å². The number of nitriles is 1. The number of aryl methyl sites for hydroxylation is 2. The molecule has 3 aromatic rings. The average Bonchev–Trinajstić information content (AvgIpc) is 2.92. The Balaban J connectivity index is 1.83. The van der Waals surface area contributed by atoms with Gasteiger partial charge >= 0.3 is 0 Å². The van der Waals surface area contributed by atoms with Crippen molar-refractivity contribution in [1.82, 2.24) is 4.57 Å². The summed E-state index contributed by atoms with van der Waals surface area (Å²) in [6.45, 7) is 1.80. The number of carbonyl (C=O) groups excluding carboxylic acids is 1. The standard InChI is InChI=1S/C20H18N2O2/c1-14-7-3-6-10-20(14)24-13-19(23)16(12-21)18-11-15-8-4-5-9-17(15)22(18)2/h3-11,16H,13H2,1-2H3. The van der Waals surface area contributed by atoms with E-state index in [0.29, 0.717) is 11.4 Å². The molecule has 1 unspecified atom stereocenters. The van der Waals surface area contributed by atoms with Crippen molar-refractivity contribution in [3.63, 3.8) is 0 Å². The first-order valence-corrected chi connectivity index (χ1v) is 7.77. The molecule has 1 atom stereocenters. The van der Waals surface area contributed by atoms with Crippen LogP contribution < -0.4 is 4.74 Å². The van der Waals surface area contributed by atoms with E-state index in [4.69, 9.17) is 4.74 Å². The molecule has 1 aromatic heterocycles. The summed E-state index contributed by atoms with van der Waals surface area (Å²) < 4.78 is 7.50. The van der Waals surface area contributed by atoms with E-state index in [-0.39, 0.29) is 12.4 Å². The van der Waals surface area contributed by atoms with Gasteiger partial charge < -0.3 is 9.30 Å². The maximum Gasteiger partial charge on any atom is 0.193 e. The molecule has 0 aliphatic carbocycles. The zero-order chi connectivity index (χ0) is 17.1. The maximum atomic E-state index is 12.5. The number of aromatic nitrogens is 1. The minimum Gasteiger partial charge on any atom is -0.485 e. The third-order valence-corrected chi connectivity index (χ3v) is 4.20. The highest BCUT2D eigenvalue weighted by Crippen LogP contribution is 2.25. The summed E-state index contributed by atoms with van der Waals surface area (Å²) in [7, 11) is 1.87. The minimum absolute atomic E-state index is 0.120. The number of carbonyl (C=O) groups is 1. The Morgan fingerprint density at radius 2 is 1.92 bits per heavy atom. The van der Waals surface area contributed by atoms with Crippen LogP contribution in [-0.2, 0) is 11.8 Å². The fraction of sp³-hybridized carbons (Fsp3) is 0.200. The molecule has 0 bridgehead atoms. The number of hydrogen-bond donors (Lipinski definition) is 0. The summed E-state index contributed by atoms with van der Waals surface area (Å²) in [5.74, 6) is -0.419. The lowest BCUT2D eigenvalue weighted by molar-refractivity contribution is -0.121. The Morgan fingerprint density at radius 3 is 2.62 bits per heavy atom. The van der Waals surface area contributed by atoms with Crippen molar-refractivity contribution in [3.05, 3.63) is 65.9 Å². The monoisotopic (exact) mass is 318 g/mol. The second-order valence-corrected chi connectivity index (χ2v) is 5.77. The van der Waals surface area contributed by atoms with Crippen LogP contribution in [0.4, 0.5) is 0 Å². The average molecular weight is 318 g/mol. The van der Waals surface area contributed by atoms with Crippen molar-refractivity contribution in [2.24, 2.45) is 7.05 Å². The van der Waals surface area contributed by atoms with Crippen molar-refractivity contribution in [2.75, 3.05) is 6.61 Å². The number of para-hydroxylation sites is 2. The Labute approximate surface area is 140 Å². The fourth-order valence-corrected chi connectivity index (χ4v) is 2.84. The third-order valence-electron chi connectivity index (χ3n) is 4.20. The summed E-state index contributed by atoms with van der Waals surface area (Å²) in [6, 6.07) is 19.4. The van der Waals surface area contributed by atoms with Crippen LogP contribution in [0.3, 0.4) is 0 Å². The molecule has 0 saturated carbocycles. The number of fused-ring (bicyclic) bond motifs is 1. The van der Waals surface area contributed by atoms with E-state index in [2.05, 4.69) is 6.07 Å². The molecule has 4 heteroatoms. The van der Waals surface area contributed by atoms with E-state index in [0.717, 1.165) is 16.5 Å². The summed E-state index contributed by atoms with van der Waals surface area (Å²) in [5, 5.41) is 10.5. The van der Waals surface area contributed by atoms with Crippen LogP contribution in [0.15, 0.2) is 54.6 Å². The Hall–Kier alpha value is -3.06. The number of rotatable bonds is 5. The summed E-state index contributed by atoms with van der Waals surface area (Å²) >= 11 is 0. The highest BCUT2D eigenvalue weighted by molar-refractivity contribution is 5.91. The number of Topliss-reactive ketones (excluding diaryl/α,β-unsaturated/α-hetero) is 1. The number of ether oxygens (including phenoxy) is 1. The second kappa shape index (κ2) is 6.59. The van der Waals surface area contributed by atoms with Crippen molar-refractivity contribution < 1.29 is 9.53 Å². The van der Waals surface area contributed by atoms with Crippen LogP contribution in [0.2, 0.25) is 0 Å². The predicted octanol–water partition coefficient (Wildman–Crippen LogP) is 3.74. The molecular weight excluding hydrogens is 300 g/mol. The third kappa shape index (κ3) is 2.89. The molecule has 0 aliphatic heterocycles. The Bertz CT molecular complexity index is 934. The van der Waals surface area contributed by atoms with Crippen LogP contribution in [0, 0.1) is 18.3 Å². The van der Waals surface area contributed by atoms with Gasteiger partial charge in [-0.1, -0.05) is 36.4 Å². The lowest BCUT2D eigenvalue weighted by atomic mass is 10.0. The molecule has 0 saturated heterocycles. The second-order valence-electron chi connectivity index (χ2n) is 5.77. The highest BCUT2D eigenvalue weighted by Gasteiger charge is 2.24. The van der Waals surface area contributed by atoms with Gasteiger partial charge in [-0.25, -0.2) is 0 Å². The van der Waals surface area contributed by atoms with Gasteiger partial charge in [-0.05, 0) is 36.1 Å². The van der Waals surface area contributed by atoms with E-state index in [1.165, 1.54) is 0 Å². The van der Waals surface area contributed by atoms with Gasteiger partial charge in [0.25, 0.3) is 0 Å². The molecule has 0 fully saturated rings. The highest BCUT2D eigenvalue weighted by atomic mass is 16.5. The fourth-order valence-electron chi connectivity index (χ4n) is 2.84. The van der Waals surface area contributed by atoms with Gasteiger partial charge in [0, 0.05) is 18.3 Å². The molecule has 0 spiro atoms. The molecule has 4 nitrogen and oxygen atoms in total. The molecule has 0 N–H and O–H groups in total. The zero-order valence-corrected chi connectivity index (χ0v) is 13.7. The lowest BCUT2D eigenvalue weighted by Gasteiger charge is -2.12. The summed E-state index contributed by atoms with van der Waals surface area (Å²) in [4.78, 5) is 12.5. The van der Waals surface area contributed by atoms with Crippen molar-refractivity contribution in [1.29, 1.82) is 5.26 Å². The number of benzene rings is 2. The van der Waals surface area contributed by atoms with Gasteiger partial charge in [-0.3, -0.25) is 4.79 Å². The normalized spacial score (nSPS) is 11.9. The molecule has 3 rings (SSSR count). The van der Waals surface area contributed by atoms with Crippen LogP contribution in [0.1, 0.15) is 17.2 Å². The number of ketones is 1. The number of nitrogens with zero attached hydrogens (tertiary/aromatic N) is 2. The molecule has 0 amide bonds. The van der Waals surface area contributed by atoms with Gasteiger partial charge in [0.05, 0.1) is 6.07 Å². The van der Waals surface area contributed by atoms with Crippen molar-refractivity contribution in [3.8, 4) is 11.8 Å². The molecule has 120 valence electrons. The predicted molar refractivity (Wildman–Crippen MR) is 93.0 cm³/mol. The summed E-state index contributed by atoms with van der Waals surface area (Å²) in [5.41, 5.74) is 2.65. The van der Waals surface area contributed by atoms with E-state index in [1.54, 1.807) is 0 Å². The van der Waals surface area contributed by atoms with E-state index in [1.807, 2.05) is 73.1 Å². The van der Waals surface area contributed by atoms with E-state index in [9.17, 15) is 10.1 Å². The van der Waals surface area contributed by atoms with E-state index < -0.39 is 5.92 Å². The Kier molecular flexibility index (Phi) is 4.35. The lowest BCUT2D eigenvalue weighted by Crippen LogP contribution is -2.21. The molecule has 1 heterocycles. The topological polar surface area (TPSA) is 55.0 Å². The summed E-state index contributed by atoms with van der Waals surface area (Å²) in [6.07, 6.45) is 0. The van der Waals surface area contributed by atoms with Crippen LogP contribution in [-0.4, -0.2) is 17.0 Å². The first-order chi connectivity index (χ1) is 11.6. The molecule has 2 aromatic carbocycles. The molecular formula is C20H18N2O2. The first kappa shape index (κ1) is 15.8. The van der Waals surface area contributed by atoms with Crippen LogP contribution in [0.5, 0.6) is 5.75 Å². The molecule has 24 heavy (non-hydrogen) atoms. The molecule has 0 radical (unpaired) electrons. The maximum absolute atomic E-state index is 12.5.